The highest BCUT2D eigenvalue weighted by Gasteiger charge is 2.30. The van der Waals surface area contributed by atoms with Gasteiger partial charge in [-0.2, -0.15) is 0 Å². The van der Waals surface area contributed by atoms with E-state index in [2.05, 4.69) is 0 Å². The first-order chi connectivity index (χ1) is 15.3. The lowest BCUT2D eigenvalue weighted by Gasteiger charge is -2.26. The minimum atomic E-state index is -0.670. The number of benzene rings is 3. The number of para-hydroxylation sites is 1. The number of hydrogen-bond acceptors (Lipinski definition) is 3. The van der Waals surface area contributed by atoms with Crippen molar-refractivity contribution in [3.05, 3.63) is 95.8 Å². The molecular formula is C28H29FO3. The average Bonchev–Trinajstić information content (AvgIpc) is 2.76. The van der Waals surface area contributed by atoms with Gasteiger partial charge in [0.2, 0.25) is 0 Å². The quantitative estimate of drug-likeness (QED) is 0.354. The van der Waals surface area contributed by atoms with Crippen LogP contribution in [0.2, 0.25) is 0 Å². The molecule has 0 aliphatic heterocycles. The van der Waals surface area contributed by atoms with Crippen molar-refractivity contribution < 1.29 is 18.7 Å². The third-order valence-corrected chi connectivity index (χ3v) is 5.40. The van der Waals surface area contributed by atoms with Crippen molar-refractivity contribution in [1.82, 2.24) is 0 Å². The molecule has 0 heterocycles. The predicted octanol–water partition coefficient (Wildman–Crippen LogP) is 7.36. The molecule has 0 aliphatic rings. The van der Waals surface area contributed by atoms with E-state index < -0.39 is 11.2 Å². The van der Waals surface area contributed by atoms with Gasteiger partial charge in [-0.1, -0.05) is 48.6 Å². The molecule has 3 aromatic rings. The third kappa shape index (κ3) is 5.85. The molecule has 1 unspecified atom stereocenters. The summed E-state index contributed by atoms with van der Waals surface area (Å²) < 4.78 is 25.6. The molecule has 0 saturated carbocycles. The molecule has 166 valence electrons. The molecule has 0 radical (unpaired) electrons. The molecule has 0 saturated heterocycles. The lowest BCUT2D eigenvalue weighted by molar-refractivity contribution is -0.121. The lowest BCUT2D eigenvalue weighted by Crippen LogP contribution is -2.29. The van der Waals surface area contributed by atoms with Gasteiger partial charge in [-0.05, 0) is 81.6 Å². The average molecular weight is 433 g/mol. The number of carbonyl (C=O) groups is 1. The first-order valence-electron chi connectivity index (χ1n) is 10.7. The minimum Gasteiger partial charge on any atom is -0.491 e. The van der Waals surface area contributed by atoms with Crippen molar-refractivity contribution in [1.29, 1.82) is 0 Å². The Hall–Kier alpha value is -3.40. The Labute approximate surface area is 189 Å². The molecule has 3 nitrogen and oxygen atoms in total. The fourth-order valence-corrected chi connectivity index (χ4v) is 3.39. The SMILES string of the molecule is CC(=O)C(C)(CC=Cc1ccc(F)c(Oc2ccccc2)c1)c1ccc(OC(C)C)cc1. The van der Waals surface area contributed by atoms with Gasteiger partial charge in [-0.3, -0.25) is 4.79 Å². The number of halogens is 1. The summed E-state index contributed by atoms with van der Waals surface area (Å²) in [5.41, 5.74) is 1.05. The van der Waals surface area contributed by atoms with Crippen LogP contribution in [0.15, 0.2) is 78.9 Å². The van der Waals surface area contributed by atoms with E-state index in [-0.39, 0.29) is 17.6 Å². The van der Waals surface area contributed by atoms with E-state index >= 15 is 0 Å². The van der Waals surface area contributed by atoms with E-state index in [1.807, 2.05) is 75.4 Å². The highest BCUT2D eigenvalue weighted by Crippen LogP contribution is 2.32. The summed E-state index contributed by atoms with van der Waals surface area (Å²) >= 11 is 0. The fourth-order valence-electron chi connectivity index (χ4n) is 3.39. The maximum atomic E-state index is 14.2. The van der Waals surface area contributed by atoms with E-state index in [1.165, 1.54) is 6.07 Å². The predicted molar refractivity (Wildman–Crippen MR) is 127 cm³/mol. The molecule has 0 amide bonds. The van der Waals surface area contributed by atoms with Crippen LogP contribution in [-0.2, 0) is 10.2 Å². The van der Waals surface area contributed by atoms with Gasteiger partial charge in [0.1, 0.15) is 17.3 Å². The van der Waals surface area contributed by atoms with E-state index in [0.717, 1.165) is 16.9 Å². The number of allylic oxidation sites excluding steroid dienone is 1. The van der Waals surface area contributed by atoms with Crippen LogP contribution in [0.5, 0.6) is 17.2 Å². The Balaban J connectivity index is 1.76. The van der Waals surface area contributed by atoms with Crippen molar-refractivity contribution >= 4 is 11.9 Å². The van der Waals surface area contributed by atoms with Crippen LogP contribution in [0.25, 0.3) is 6.08 Å². The zero-order valence-electron chi connectivity index (χ0n) is 19.0. The number of ether oxygens (including phenoxy) is 2. The molecule has 0 aliphatic carbocycles. The number of hydrogen-bond donors (Lipinski definition) is 0. The molecule has 0 spiro atoms. The van der Waals surface area contributed by atoms with Crippen molar-refractivity contribution in [2.45, 2.75) is 45.6 Å². The van der Waals surface area contributed by atoms with E-state index in [1.54, 1.807) is 31.2 Å². The molecule has 0 aromatic heterocycles. The zero-order chi connectivity index (χ0) is 23.1. The van der Waals surface area contributed by atoms with Crippen molar-refractivity contribution in [3.63, 3.8) is 0 Å². The van der Waals surface area contributed by atoms with Crippen LogP contribution >= 0.6 is 0 Å². The maximum absolute atomic E-state index is 14.2. The smallest absolute Gasteiger partial charge is 0.165 e. The second-order valence-electron chi connectivity index (χ2n) is 8.29. The number of rotatable bonds is 9. The van der Waals surface area contributed by atoms with Crippen molar-refractivity contribution in [3.8, 4) is 17.2 Å². The monoisotopic (exact) mass is 432 g/mol. The molecule has 32 heavy (non-hydrogen) atoms. The molecule has 0 fully saturated rings. The molecule has 0 N–H and O–H groups in total. The Kier molecular flexibility index (Phi) is 7.47. The number of Topliss-reactive ketones (excluding diaryl/α,β-unsaturated/α-hetero) is 1. The molecule has 3 aromatic carbocycles. The lowest BCUT2D eigenvalue weighted by atomic mass is 9.76. The maximum Gasteiger partial charge on any atom is 0.165 e. The molecular weight excluding hydrogens is 403 g/mol. The molecule has 3 rings (SSSR count). The summed E-state index contributed by atoms with van der Waals surface area (Å²) in [6.45, 7) is 7.50. The van der Waals surface area contributed by atoms with Crippen LogP contribution in [0.1, 0.15) is 45.2 Å². The van der Waals surface area contributed by atoms with Crippen LogP contribution in [-0.4, -0.2) is 11.9 Å². The Morgan fingerprint density at radius 2 is 1.69 bits per heavy atom. The van der Waals surface area contributed by atoms with E-state index in [9.17, 15) is 9.18 Å². The second-order valence-corrected chi connectivity index (χ2v) is 8.29. The first-order valence-corrected chi connectivity index (χ1v) is 10.7. The van der Waals surface area contributed by atoms with Crippen LogP contribution in [0.3, 0.4) is 0 Å². The third-order valence-electron chi connectivity index (χ3n) is 5.40. The molecule has 1 atom stereocenters. The van der Waals surface area contributed by atoms with Gasteiger partial charge >= 0.3 is 0 Å². The number of carbonyl (C=O) groups excluding carboxylic acids is 1. The van der Waals surface area contributed by atoms with Crippen molar-refractivity contribution in [2.24, 2.45) is 0 Å². The van der Waals surface area contributed by atoms with Gasteiger partial charge in [0.15, 0.2) is 11.6 Å². The standard InChI is InChI=1S/C28H29FO3/c1-20(2)31-25-15-13-23(14-16-25)28(4,21(3)30)18-8-9-22-12-17-26(29)27(19-22)32-24-10-6-5-7-11-24/h5-17,19-20H,18H2,1-4H3. The van der Waals surface area contributed by atoms with Gasteiger partial charge in [0, 0.05) is 0 Å². The van der Waals surface area contributed by atoms with Crippen LogP contribution < -0.4 is 9.47 Å². The van der Waals surface area contributed by atoms with Crippen LogP contribution in [0.4, 0.5) is 4.39 Å². The summed E-state index contributed by atoms with van der Waals surface area (Å²) in [5, 5.41) is 0. The van der Waals surface area contributed by atoms with Gasteiger partial charge in [0.05, 0.1) is 11.5 Å². The normalized spacial score (nSPS) is 13.2. The topological polar surface area (TPSA) is 35.5 Å². The summed E-state index contributed by atoms with van der Waals surface area (Å²) in [5.74, 6) is 1.16. The van der Waals surface area contributed by atoms with Gasteiger partial charge in [0.25, 0.3) is 0 Å². The van der Waals surface area contributed by atoms with Gasteiger partial charge < -0.3 is 9.47 Å². The largest absolute Gasteiger partial charge is 0.491 e. The van der Waals surface area contributed by atoms with E-state index in [4.69, 9.17) is 9.47 Å². The summed E-state index contributed by atoms with van der Waals surface area (Å²) in [7, 11) is 0. The van der Waals surface area contributed by atoms with Crippen LogP contribution in [0, 0.1) is 5.82 Å². The summed E-state index contributed by atoms with van der Waals surface area (Å²) in [6, 6.07) is 21.5. The van der Waals surface area contributed by atoms with Gasteiger partial charge in [-0.25, -0.2) is 4.39 Å². The fraction of sp³-hybridized carbons (Fsp3) is 0.250. The second kappa shape index (κ2) is 10.3. The molecule has 4 heteroatoms. The minimum absolute atomic E-state index is 0.0758. The Bertz CT molecular complexity index is 1070. The first kappa shape index (κ1) is 23.3. The highest BCUT2D eigenvalue weighted by atomic mass is 19.1. The molecule has 0 bridgehead atoms. The summed E-state index contributed by atoms with van der Waals surface area (Å²) in [6.07, 6.45) is 4.43. The Morgan fingerprint density at radius 1 is 1.00 bits per heavy atom. The van der Waals surface area contributed by atoms with E-state index in [0.29, 0.717) is 12.2 Å². The Morgan fingerprint density at radius 3 is 2.31 bits per heavy atom. The number of ketones is 1. The summed E-state index contributed by atoms with van der Waals surface area (Å²) in [4.78, 5) is 12.5. The highest BCUT2D eigenvalue weighted by molar-refractivity contribution is 5.88. The van der Waals surface area contributed by atoms with Gasteiger partial charge in [-0.15, -0.1) is 0 Å². The zero-order valence-corrected chi connectivity index (χ0v) is 19.0. The van der Waals surface area contributed by atoms with Crippen molar-refractivity contribution in [2.75, 3.05) is 0 Å².